The van der Waals surface area contributed by atoms with Gasteiger partial charge in [0.15, 0.2) is 6.29 Å². The van der Waals surface area contributed by atoms with E-state index in [1.165, 1.54) is 0 Å². The summed E-state index contributed by atoms with van der Waals surface area (Å²) >= 11 is 0. The molecular formula is C32H54O10. The summed E-state index contributed by atoms with van der Waals surface area (Å²) in [4.78, 5) is 12.5. The molecule has 0 bridgehead atoms. The third-order valence-corrected chi connectivity index (χ3v) is 12.7. The standard InChI is InChI=1S/C32H54O10/c1-17(4-7-25(36)40-12-13-41-30-29(39)28(38)27(37)24(16-33)42-30)20-5-6-21-26-22(9-11-32(20,21)3)31(2)10-8-19(34)14-18(31)15-23(26)35/h17-24,26-30,33-35,37-39H,4-16H2,1-3H3/t17-,18-,19+,20+,21-,22-,23-,24+,26-,27+,28-,29+,30?,31-,32+/m0/s1. The second-order valence-corrected chi connectivity index (χ2v) is 14.8. The predicted octanol–water partition coefficient (Wildman–Crippen LogP) is 1.75. The van der Waals surface area contributed by atoms with Gasteiger partial charge in [-0.05, 0) is 104 Å². The molecule has 5 rings (SSSR count). The van der Waals surface area contributed by atoms with Crippen LogP contribution in [0, 0.1) is 46.3 Å². The fourth-order valence-electron chi connectivity index (χ4n) is 10.3. The van der Waals surface area contributed by atoms with E-state index in [9.17, 15) is 35.4 Å². The Kier molecular flexibility index (Phi) is 9.97. The number of aliphatic hydroxyl groups excluding tert-OH is 6. The molecule has 6 N–H and O–H groups in total. The van der Waals surface area contributed by atoms with Gasteiger partial charge < -0.3 is 44.8 Å². The van der Waals surface area contributed by atoms with Crippen LogP contribution in [0.5, 0.6) is 0 Å². The van der Waals surface area contributed by atoms with E-state index in [0.717, 1.165) is 57.8 Å². The molecule has 42 heavy (non-hydrogen) atoms. The maximum absolute atomic E-state index is 12.5. The van der Waals surface area contributed by atoms with Crippen molar-refractivity contribution in [1.82, 2.24) is 0 Å². The summed E-state index contributed by atoms with van der Waals surface area (Å²) in [6.45, 7) is 6.48. The molecule has 0 aromatic carbocycles. The minimum Gasteiger partial charge on any atom is -0.463 e. The van der Waals surface area contributed by atoms with Crippen LogP contribution in [0.25, 0.3) is 0 Å². The summed E-state index contributed by atoms with van der Waals surface area (Å²) < 4.78 is 16.1. The van der Waals surface area contributed by atoms with Crippen LogP contribution in [-0.4, -0.2) is 99.3 Å². The number of hydrogen-bond donors (Lipinski definition) is 6. The zero-order valence-electron chi connectivity index (χ0n) is 25.5. The Balaban J connectivity index is 1.09. The summed E-state index contributed by atoms with van der Waals surface area (Å²) in [5, 5.41) is 60.9. The first-order chi connectivity index (χ1) is 19.9. The van der Waals surface area contributed by atoms with Crippen LogP contribution in [0.2, 0.25) is 0 Å². The molecule has 1 saturated heterocycles. The first kappa shape index (κ1) is 32.5. The minimum absolute atomic E-state index is 0.0385. The minimum atomic E-state index is -1.51. The maximum atomic E-state index is 12.5. The molecular weight excluding hydrogens is 544 g/mol. The third-order valence-electron chi connectivity index (χ3n) is 12.7. The Labute approximate surface area is 249 Å². The lowest BCUT2D eigenvalue weighted by Crippen LogP contribution is -2.59. The van der Waals surface area contributed by atoms with Crippen molar-refractivity contribution in [1.29, 1.82) is 0 Å². The molecule has 1 aliphatic heterocycles. The highest BCUT2D eigenvalue weighted by Gasteiger charge is 2.62. The fourth-order valence-corrected chi connectivity index (χ4v) is 10.3. The first-order valence-corrected chi connectivity index (χ1v) is 16.3. The summed E-state index contributed by atoms with van der Waals surface area (Å²) in [5.74, 6) is 2.28. The van der Waals surface area contributed by atoms with Crippen molar-refractivity contribution in [2.45, 2.75) is 128 Å². The van der Waals surface area contributed by atoms with Gasteiger partial charge in [0.1, 0.15) is 31.0 Å². The Bertz CT molecular complexity index is 931. The lowest BCUT2D eigenvalue weighted by atomic mass is 9.43. The molecule has 5 aliphatic rings. The third kappa shape index (κ3) is 5.91. The largest absolute Gasteiger partial charge is 0.463 e. The zero-order chi connectivity index (χ0) is 30.4. The Hall–Kier alpha value is -0.850. The van der Waals surface area contributed by atoms with E-state index < -0.39 is 37.3 Å². The van der Waals surface area contributed by atoms with Gasteiger partial charge in [-0.3, -0.25) is 4.79 Å². The molecule has 4 aliphatic carbocycles. The van der Waals surface area contributed by atoms with Gasteiger partial charge in [-0.2, -0.15) is 0 Å². The smallest absolute Gasteiger partial charge is 0.305 e. The normalized spacial score (nSPS) is 49.5. The molecule has 10 nitrogen and oxygen atoms in total. The van der Waals surface area contributed by atoms with Crippen molar-refractivity contribution in [3.8, 4) is 0 Å². The van der Waals surface area contributed by atoms with Gasteiger partial charge >= 0.3 is 5.97 Å². The topological polar surface area (TPSA) is 166 Å². The van der Waals surface area contributed by atoms with E-state index in [4.69, 9.17) is 14.2 Å². The Morgan fingerprint density at radius 3 is 2.36 bits per heavy atom. The molecule has 4 saturated carbocycles. The van der Waals surface area contributed by atoms with Crippen LogP contribution in [0.3, 0.4) is 0 Å². The first-order valence-electron chi connectivity index (χ1n) is 16.3. The van der Waals surface area contributed by atoms with Crippen LogP contribution in [0.15, 0.2) is 0 Å². The van der Waals surface area contributed by atoms with E-state index in [2.05, 4.69) is 20.8 Å². The zero-order valence-corrected chi connectivity index (χ0v) is 25.5. The SMILES string of the molecule is C[C@@H](CCC(=O)OCCOC1O[C@H](CO)[C@@H](O)[C@H](O)[C@H]1O)[C@H]1CC[C@H]2[C@@H]3[C@@H](O)C[C@@H]4C[C@H](O)CC[C@]4(C)[C@H]3CC[C@]12C. The summed E-state index contributed by atoms with van der Waals surface area (Å²) in [5.41, 5.74) is 0.368. The van der Waals surface area contributed by atoms with Crippen molar-refractivity contribution >= 4 is 5.97 Å². The summed E-state index contributed by atoms with van der Waals surface area (Å²) in [6.07, 6.45) is 1.90. The molecule has 1 unspecified atom stereocenters. The number of ether oxygens (including phenoxy) is 3. The lowest BCUT2D eigenvalue weighted by molar-refractivity contribution is -0.302. The lowest BCUT2D eigenvalue weighted by Gasteiger charge is -2.62. The van der Waals surface area contributed by atoms with Gasteiger partial charge in [0, 0.05) is 6.42 Å². The van der Waals surface area contributed by atoms with Gasteiger partial charge in [0.2, 0.25) is 0 Å². The van der Waals surface area contributed by atoms with E-state index in [1.54, 1.807) is 0 Å². The van der Waals surface area contributed by atoms with Crippen molar-refractivity contribution in [3.63, 3.8) is 0 Å². The molecule has 10 heteroatoms. The molecule has 5 fully saturated rings. The van der Waals surface area contributed by atoms with Crippen LogP contribution >= 0.6 is 0 Å². The van der Waals surface area contributed by atoms with Crippen LogP contribution in [-0.2, 0) is 19.0 Å². The van der Waals surface area contributed by atoms with Gasteiger partial charge in [-0.25, -0.2) is 0 Å². The molecule has 0 aromatic rings. The molecule has 1 heterocycles. The van der Waals surface area contributed by atoms with Crippen molar-refractivity contribution in [2.24, 2.45) is 46.3 Å². The van der Waals surface area contributed by atoms with E-state index in [-0.39, 0.29) is 42.2 Å². The molecule has 0 aromatic heterocycles. The highest BCUT2D eigenvalue weighted by Crippen LogP contribution is 2.68. The fraction of sp³-hybridized carbons (Fsp3) is 0.969. The van der Waals surface area contributed by atoms with Crippen molar-refractivity contribution in [2.75, 3.05) is 19.8 Å². The van der Waals surface area contributed by atoms with Crippen molar-refractivity contribution in [3.05, 3.63) is 0 Å². The van der Waals surface area contributed by atoms with Gasteiger partial charge in [-0.1, -0.05) is 20.8 Å². The second kappa shape index (κ2) is 12.9. The average molecular weight is 599 g/mol. The van der Waals surface area contributed by atoms with Gasteiger partial charge in [-0.15, -0.1) is 0 Å². The number of carbonyl (C=O) groups is 1. The molecule has 0 radical (unpaired) electrons. The average Bonchev–Trinajstić information content (AvgIpc) is 3.32. The van der Waals surface area contributed by atoms with Crippen LogP contribution < -0.4 is 0 Å². The van der Waals surface area contributed by atoms with E-state index >= 15 is 0 Å². The number of carbonyl (C=O) groups excluding carboxylic acids is 1. The summed E-state index contributed by atoms with van der Waals surface area (Å²) in [7, 11) is 0. The molecule has 15 atom stereocenters. The Morgan fingerprint density at radius 2 is 1.62 bits per heavy atom. The van der Waals surface area contributed by atoms with Gasteiger partial charge in [0.25, 0.3) is 0 Å². The maximum Gasteiger partial charge on any atom is 0.305 e. The Morgan fingerprint density at radius 1 is 0.905 bits per heavy atom. The van der Waals surface area contributed by atoms with Crippen LogP contribution in [0.1, 0.15) is 85.0 Å². The number of esters is 1. The van der Waals surface area contributed by atoms with Crippen molar-refractivity contribution < 1.29 is 49.6 Å². The number of hydrogen-bond acceptors (Lipinski definition) is 10. The highest BCUT2D eigenvalue weighted by atomic mass is 16.7. The number of rotatable bonds is 9. The quantitative estimate of drug-likeness (QED) is 0.170. The van der Waals surface area contributed by atoms with Crippen LogP contribution in [0.4, 0.5) is 0 Å². The van der Waals surface area contributed by atoms with E-state index in [0.29, 0.717) is 41.9 Å². The van der Waals surface area contributed by atoms with E-state index in [1.807, 2.05) is 0 Å². The highest BCUT2D eigenvalue weighted by molar-refractivity contribution is 5.69. The monoisotopic (exact) mass is 598 g/mol. The molecule has 242 valence electrons. The second-order valence-electron chi connectivity index (χ2n) is 14.8. The molecule has 0 amide bonds. The predicted molar refractivity (Wildman–Crippen MR) is 152 cm³/mol. The van der Waals surface area contributed by atoms with Gasteiger partial charge in [0.05, 0.1) is 25.4 Å². The number of aliphatic hydroxyl groups is 6. The number of fused-ring (bicyclic) bond motifs is 5. The molecule has 0 spiro atoms. The summed E-state index contributed by atoms with van der Waals surface area (Å²) in [6, 6.07) is 0.